The van der Waals surface area contributed by atoms with Crippen molar-refractivity contribution in [2.24, 2.45) is 0 Å². The Morgan fingerprint density at radius 2 is 1.24 bits per heavy atom. The molecule has 0 unspecified atom stereocenters. The number of carbonyl (C=O) groups is 3. The van der Waals surface area contributed by atoms with Crippen molar-refractivity contribution in [2.45, 2.75) is 39.1 Å². The van der Waals surface area contributed by atoms with Crippen LogP contribution in [-0.4, -0.2) is 136 Å². The summed E-state index contributed by atoms with van der Waals surface area (Å²) in [6.45, 7) is 5.53. The fourth-order valence-corrected chi connectivity index (χ4v) is 5.19. The van der Waals surface area contributed by atoms with E-state index in [1.165, 1.54) is 34.0 Å². The number of rotatable bonds is 6. The molecule has 16 nitrogen and oxygen atoms in total. The molecular weight excluding hydrogens is 658 g/mol. The molecule has 4 heterocycles. The number of nitrogens with zero attached hydrogens (tertiary/aromatic N) is 8. The van der Waals surface area contributed by atoms with Crippen molar-refractivity contribution < 1.29 is 69.8 Å². The fraction of sp³-hybridized carbons (Fsp3) is 0.406. The van der Waals surface area contributed by atoms with Gasteiger partial charge in [-0.2, -0.15) is 30.0 Å². The number of aryl methyl sites for hydroxylation is 2. The Morgan fingerprint density at radius 1 is 0.800 bits per heavy atom. The third-order valence-corrected chi connectivity index (χ3v) is 7.42. The van der Waals surface area contributed by atoms with E-state index in [-0.39, 0.29) is 57.8 Å². The van der Waals surface area contributed by atoms with Crippen LogP contribution in [0.15, 0.2) is 61.2 Å². The van der Waals surface area contributed by atoms with Gasteiger partial charge in [0.05, 0.1) is 74.2 Å². The summed E-state index contributed by atoms with van der Waals surface area (Å²) in [6, 6.07) is 10.9. The largest absolute Gasteiger partial charge is 1.00 e. The maximum absolute atomic E-state index is 13.1. The van der Waals surface area contributed by atoms with Gasteiger partial charge in [-0.15, -0.1) is 0 Å². The van der Waals surface area contributed by atoms with Crippen molar-refractivity contribution in [1.82, 2.24) is 39.8 Å². The monoisotopic (exact) mass is 699 g/mol. The molecule has 50 heavy (non-hydrogen) atoms. The number of aliphatic hydroxyl groups excluding tert-OH is 2. The topological polar surface area (TPSA) is 187 Å². The molecule has 2 aromatic heterocycles. The predicted molar refractivity (Wildman–Crippen MR) is 177 cm³/mol. The Kier molecular flexibility index (Phi) is 17.4. The van der Waals surface area contributed by atoms with Crippen LogP contribution in [0.4, 0.5) is 0 Å². The van der Waals surface area contributed by atoms with E-state index in [0.29, 0.717) is 55.2 Å². The van der Waals surface area contributed by atoms with Crippen LogP contribution in [0.25, 0.3) is 11.4 Å². The van der Waals surface area contributed by atoms with Gasteiger partial charge in [-0.1, -0.05) is 23.3 Å². The van der Waals surface area contributed by atoms with Gasteiger partial charge in [-0.05, 0) is 51.0 Å². The summed E-state index contributed by atoms with van der Waals surface area (Å²) in [6.07, 6.45) is 5.98. The first-order valence-electron chi connectivity index (χ1n) is 15.3. The van der Waals surface area contributed by atoms with Crippen LogP contribution in [0.2, 0.25) is 0 Å². The van der Waals surface area contributed by atoms with Crippen molar-refractivity contribution in [1.29, 1.82) is 0 Å². The standard InChI is InChI=1S/C16H18N4O4.C15H18N4O3.CH4O.B.Na.H/c1-11-4-5-13(20-17-6-7-18-20)12(10-11)14(21)19-8-3-9-24-15(19)16(22)23-2;1-11-3-4-13(19-16-5-6-17-19)12(9-11)15(21)18-7-2-8-22-14(18)10-20;1-2;;;/h4-7,10,15H,3,8-9H2,1-2H3;3-6,9,14,20H,2,7-8,10H2,1H3;2H,1H3;;;/q;;;;+1;-1/t15-;14-;;;;/m00..../s1. The minimum absolute atomic E-state index is 0. The zero-order valence-corrected chi connectivity index (χ0v) is 30.9. The molecule has 0 bridgehead atoms. The number of aromatic nitrogens is 6. The van der Waals surface area contributed by atoms with Gasteiger partial charge in [0, 0.05) is 28.6 Å². The second-order valence-corrected chi connectivity index (χ2v) is 10.6. The van der Waals surface area contributed by atoms with Gasteiger partial charge in [-0.3, -0.25) is 9.59 Å². The number of hydrogen-bond donors (Lipinski definition) is 2. The molecule has 18 heteroatoms. The van der Waals surface area contributed by atoms with Crippen molar-refractivity contribution in [3.05, 3.63) is 83.4 Å². The van der Waals surface area contributed by atoms with Gasteiger partial charge >= 0.3 is 35.5 Å². The molecule has 2 aromatic carbocycles. The zero-order valence-electron chi connectivity index (χ0n) is 29.9. The second kappa shape index (κ2) is 20.6. The van der Waals surface area contributed by atoms with Gasteiger partial charge in [0.1, 0.15) is 0 Å². The SMILES string of the molecule is CO.COC(=O)[C@@H]1OCCCN1C(=O)c1cc(C)ccc1-n1nccn1.Cc1ccc(-n2nccn2)c(C(=O)N2CCCO[C@H]2CO)c1.[B].[H-].[Na+]. The number of carbonyl (C=O) groups excluding carboxylic acids is 3. The van der Waals surface area contributed by atoms with Crippen LogP contribution in [0.5, 0.6) is 0 Å². The summed E-state index contributed by atoms with van der Waals surface area (Å²) in [5.74, 6) is -1.09. The van der Waals surface area contributed by atoms with E-state index in [1.54, 1.807) is 29.4 Å². The fourth-order valence-electron chi connectivity index (χ4n) is 5.19. The van der Waals surface area contributed by atoms with Gasteiger partial charge < -0.3 is 35.7 Å². The Morgan fingerprint density at radius 3 is 1.70 bits per heavy atom. The molecular formula is C32H41BN8NaO8. The molecule has 2 aliphatic heterocycles. The third kappa shape index (κ3) is 10.1. The van der Waals surface area contributed by atoms with Crippen LogP contribution in [0.3, 0.4) is 0 Å². The molecule has 2 amide bonds. The maximum Gasteiger partial charge on any atom is 1.00 e. The van der Waals surface area contributed by atoms with Gasteiger partial charge in [0.25, 0.3) is 11.8 Å². The molecule has 3 radical (unpaired) electrons. The molecule has 2 atom stereocenters. The molecule has 261 valence electrons. The minimum Gasteiger partial charge on any atom is -1.00 e. The van der Waals surface area contributed by atoms with Gasteiger partial charge in [0.15, 0.2) is 6.23 Å². The van der Waals surface area contributed by atoms with Crippen molar-refractivity contribution in [3.63, 3.8) is 0 Å². The van der Waals surface area contributed by atoms with Crippen molar-refractivity contribution in [3.8, 4) is 11.4 Å². The summed E-state index contributed by atoms with van der Waals surface area (Å²) in [5, 5.41) is 32.8. The number of amides is 2. The summed E-state index contributed by atoms with van der Waals surface area (Å²) in [4.78, 5) is 43.6. The summed E-state index contributed by atoms with van der Waals surface area (Å²) in [5.41, 5.74) is 3.96. The van der Waals surface area contributed by atoms with E-state index < -0.39 is 18.4 Å². The Bertz CT molecular complexity index is 1670. The van der Waals surface area contributed by atoms with Crippen LogP contribution in [0.1, 0.15) is 46.1 Å². The molecule has 2 fully saturated rings. The normalized spacial score (nSPS) is 16.7. The number of esters is 1. The van der Waals surface area contributed by atoms with Crippen LogP contribution >= 0.6 is 0 Å². The zero-order chi connectivity index (χ0) is 34.6. The molecule has 2 saturated heterocycles. The minimum atomic E-state index is -1.03. The van der Waals surface area contributed by atoms with Gasteiger partial charge in [-0.25, -0.2) is 4.79 Å². The average molecular weight is 700 g/mol. The first-order valence-corrected chi connectivity index (χ1v) is 15.3. The first kappa shape index (κ1) is 42.2. The van der Waals surface area contributed by atoms with E-state index in [1.807, 2.05) is 38.1 Å². The number of ether oxygens (including phenoxy) is 3. The third-order valence-electron chi connectivity index (χ3n) is 7.42. The molecule has 6 rings (SSSR count). The van der Waals surface area contributed by atoms with Crippen molar-refractivity contribution >= 4 is 26.2 Å². The van der Waals surface area contributed by atoms with E-state index in [4.69, 9.17) is 19.3 Å². The van der Waals surface area contributed by atoms with Gasteiger partial charge in [0.2, 0.25) is 6.23 Å². The molecule has 0 saturated carbocycles. The molecule has 0 aliphatic carbocycles. The summed E-state index contributed by atoms with van der Waals surface area (Å²) in [7, 11) is 2.27. The van der Waals surface area contributed by atoms with E-state index >= 15 is 0 Å². The number of methoxy groups -OCH3 is 1. The number of benzene rings is 2. The van der Waals surface area contributed by atoms with Crippen LogP contribution in [-0.2, 0) is 19.0 Å². The molecule has 4 aromatic rings. The first-order chi connectivity index (χ1) is 23.3. The van der Waals surface area contributed by atoms with Crippen LogP contribution in [0, 0.1) is 13.8 Å². The predicted octanol–water partition coefficient (Wildman–Crippen LogP) is -1.96. The smallest absolute Gasteiger partial charge is 1.00 e. The number of aliphatic hydroxyl groups is 2. The molecule has 2 N–H and O–H groups in total. The van der Waals surface area contributed by atoms with Crippen molar-refractivity contribution in [2.75, 3.05) is 47.1 Å². The average Bonchev–Trinajstić information content (AvgIpc) is 3.88. The molecule has 0 spiro atoms. The second-order valence-electron chi connectivity index (χ2n) is 10.6. The molecule has 2 aliphatic rings. The maximum atomic E-state index is 13.1. The number of hydrogen-bond acceptors (Lipinski definition) is 12. The quantitative estimate of drug-likeness (QED) is 0.167. The Balaban J connectivity index is 0.000000462. The van der Waals surface area contributed by atoms with E-state index in [0.717, 1.165) is 24.7 Å². The Hall–Kier alpha value is -3.97. The van der Waals surface area contributed by atoms with E-state index in [2.05, 4.69) is 20.4 Å². The van der Waals surface area contributed by atoms with Crippen LogP contribution < -0.4 is 29.6 Å². The Labute approximate surface area is 315 Å². The summed E-state index contributed by atoms with van der Waals surface area (Å²) < 4.78 is 15.6. The summed E-state index contributed by atoms with van der Waals surface area (Å²) >= 11 is 0. The van der Waals surface area contributed by atoms with E-state index in [9.17, 15) is 19.5 Å².